The van der Waals surface area contributed by atoms with Crippen molar-refractivity contribution in [1.82, 2.24) is 4.90 Å². The average Bonchev–Trinajstić information content (AvgIpc) is 2.23. The summed E-state index contributed by atoms with van der Waals surface area (Å²) in [5.74, 6) is 0.168. The summed E-state index contributed by atoms with van der Waals surface area (Å²) in [6.07, 6.45) is 1.98. The summed E-state index contributed by atoms with van der Waals surface area (Å²) >= 11 is 0. The SMILES string of the molecule is CCc1ccc2c(c1)C(=O)N(C)CC2. The van der Waals surface area contributed by atoms with E-state index in [0.29, 0.717) is 0 Å². The van der Waals surface area contributed by atoms with E-state index < -0.39 is 0 Å². The molecule has 1 heterocycles. The first-order valence-electron chi connectivity index (χ1n) is 5.09. The second kappa shape index (κ2) is 3.45. The molecule has 0 bridgehead atoms. The molecule has 2 nitrogen and oxygen atoms in total. The number of nitrogens with zero attached hydrogens (tertiary/aromatic N) is 1. The van der Waals surface area contributed by atoms with Crippen LogP contribution in [0, 0.1) is 0 Å². The zero-order valence-electron chi connectivity index (χ0n) is 8.71. The molecule has 0 saturated heterocycles. The van der Waals surface area contributed by atoms with Crippen LogP contribution in [0.2, 0.25) is 0 Å². The average molecular weight is 189 g/mol. The highest BCUT2D eigenvalue weighted by Gasteiger charge is 2.20. The molecule has 0 aromatic heterocycles. The van der Waals surface area contributed by atoms with E-state index >= 15 is 0 Å². The van der Waals surface area contributed by atoms with Crippen LogP contribution >= 0.6 is 0 Å². The number of carbonyl (C=O) groups is 1. The molecule has 0 saturated carbocycles. The van der Waals surface area contributed by atoms with Gasteiger partial charge >= 0.3 is 0 Å². The lowest BCUT2D eigenvalue weighted by Gasteiger charge is -2.25. The lowest BCUT2D eigenvalue weighted by Crippen LogP contribution is -2.34. The normalized spacial score (nSPS) is 15.6. The van der Waals surface area contributed by atoms with Gasteiger partial charge in [-0.15, -0.1) is 0 Å². The highest BCUT2D eigenvalue weighted by atomic mass is 16.2. The molecule has 1 aromatic carbocycles. The van der Waals surface area contributed by atoms with Gasteiger partial charge in [-0.1, -0.05) is 19.1 Å². The summed E-state index contributed by atoms with van der Waals surface area (Å²) in [4.78, 5) is 13.6. The highest BCUT2D eigenvalue weighted by Crippen LogP contribution is 2.19. The third-order valence-corrected chi connectivity index (χ3v) is 2.88. The lowest BCUT2D eigenvalue weighted by atomic mass is 9.96. The monoisotopic (exact) mass is 189 g/mol. The Bertz CT molecular complexity index is 371. The van der Waals surface area contributed by atoms with Crippen molar-refractivity contribution in [3.05, 3.63) is 34.9 Å². The summed E-state index contributed by atoms with van der Waals surface area (Å²) in [7, 11) is 1.86. The van der Waals surface area contributed by atoms with Crippen molar-refractivity contribution in [2.75, 3.05) is 13.6 Å². The molecule has 1 aliphatic heterocycles. The van der Waals surface area contributed by atoms with Crippen molar-refractivity contribution in [3.8, 4) is 0 Å². The van der Waals surface area contributed by atoms with Crippen LogP contribution in [-0.2, 0) is 12.8 Å². The lowest BCUT2D eigenvalue weighted by molar-refractivity contribution is 0.0781. The Hall–Kier alpha value is -1.31. The van der Waals surface area contributed by atoms with Gasteiger partial charge in [0.15, 0.2) is 0 Å². The summed E-state index contributed by atoms with van der Waals surface area (Å²) in [5, 5.41) is 0. The van der Waals surface area contributed by atoms with E-state index in [2.05, 4.69) is 19.1 Å². The Balaban J connectivity index is 2.46. The number of rotatable bonds is 1. The van der Waals surface area contributed by atoms with E-state index in [1.807, 2.05) is 13.1 Å². The van der Waals surface area contributed by atoms with Crippen LogP contribution in [0.1, 0.15) is 28.4 Å². The second-order valence-electron chi connectivity index (χ2n) is 3.82. The second-order valence-corrected chi connectivity index (χ2v) is 3.82. The fraction of sp³-hybridized carbons (Fsp3) is 0.417. The zero-order chi connectivity index (χ0) is 10.1. The van der Waals surface area contributed by atoms with Crippen LogP contribution in [0.4, 0.5) is 0 Å². The van der Waals surface area contributed by atoms with Gasteiger partial charge in [0.1, 0.15) is 0 Å². The number of carbonyl (C=O) groups excluding carboxylic acids is 1. The van der Waals surface area contributed by atoms with E-state index in [4.69, 9.17) is 0 Å². The van der Waals surface area contributed by atoms with E-state index in [1.165, 1.54) is 11.1 Å². The predicted octanol–water partition coefficient (Wildman–Crippen LogP) is 1.88. The number of benzene rings is 1. The van der Waals surface area contributed by atoms with Gasteiger partial charge < -0.3 is 4.90 Å². The van der Waals surface area contributed by atoms with Crippen molar-refractivity contribution in [2.45, 2.75) is 19.8 Å². The number of aryl methyl sites for hydroxylation is 1. The Morgan fingerprint density at radius 2 is 2.21 bits per heavy atom. The van der Waals surface area contributed by atoms with Crippen molar-refractivity contribution < 1.29 is 4.79 Å². The first-order chi connectivity index (χ1) is 6.72. The Morgan fingerprint density at radius 1 is 1.43 bits per heavy atom. The first-order valence-corrected chi connectivity index (χ1v) is 5.09. The molecule has 1 amide bonds. The van der Waals surface area contributed by atoms with Crippen molar-refractivity contribution in [2.24, 2.45) is 0 Å². The summed E-state index contributed by atoms with van der Waals surface area (Å²) in [5.41, 5.74) is 3.34. The summed E-state index contributed by atoms with van der Waals surface area (Å²) in [6, 6.07) is 6.25. The van der Waals surface area contributed by atoms with Crippen LogP contribution in [-0.4, -0.2) is 24.4 Å². The van der Waals surface area contributed by atoms with Gasteiger partial charge in [0, 0.05) is 19.2 Å². The van der Waals surface area contributed by atoms with E-state index in [-0.39, 0.29) is 5.91 Å². The standard InChI is InChI=1S/C12H15NO/c1-3-9-4-5-10-6-7-13(2)12(14)11(10)8-9/h4-5,8H,3,6-7H2,1-2H3. The van der Waals surface area contributed by atoms with Crippen LogP contribution in [0.15, 0.2) is 18.2 Å². The van der Waals surface area contributed by atoms with Crippen LogP contribution in [0.3, 0.4) is 0 Å². The molecule has 0 atom stereocenters. The zero-order valence-corrected chi connectivity index (χ0v) is 8.71. The molecular weight excluding hydrogens is 174 g/mol. The molecule has 0 fully saturated rings. The van der Waals surface area contributed by atoms with Crippen LogP contribution in [0.25, 0.3) is 0 Å². The molecule has 2 rings (SSSR count). The molecule has 0 radical (unpaired) electrons. The van der Waals surface area contributed by atoms with Crippen LogP contribution < -0.4 is 0 Å². The maximum absolute atomic E-state index is 11.8. The van der Waals surface area contributed by atoms with Gasteiger partial charge in [-0.25, -0.2) is 0 Å². The van der Waals surface area contributed by atoms with Gasteiger partial charge in [0.25, 0.3) is 5.91 Å². The Morgan fingerprint density at radius 3 is 2.93 bits per heavy atom. The minimum atomic E-state index is 0.168. The van der Waals surface area contributed by atoms with Crippen LogP contribution in [0.5, 0.6) is 0 Å². The van der Waals surface area contributed by atoms with E-state index in [1.54, 1.807) is 4.90 Å². The van der Waals surface area contributed by atoms with Crippen molar-refractivity contribution >= 4 is 5.91 Å². The largest absolute Gasteiger partial charge is 0.341 e. The van der Waals surface area contributed by atoms with Gasteiger partial charge in [-0.2, -0.15) is 0 Å². The van der Waals surface area contributed by atoms with Gasteiger partial charge in [-0.05, 0) is 30.0 Å². The quantitative estimate of drug-likeness (QED) is 0.660. The minimum absolute atomic E-state index is 0.168. The molecule has 0 N–H and O–H groups in total. The molecule has 2 heteroatoms. The number of hydrogen-bond acceptors (Lipinski definition) is 1. The van der Waals surface area contributed by atoms with Gasteiger partial charge in [-0.3, -0.25) is 4.79 Å². The maximum atomic E-state index is 11.8. The third-order valence-electron chi connectivity index (χ3n) is 2.88. The first kappa shape index (κ1) is 9.25. The highest BCUT2D eigenvalue weighted by molar-refractivity contribution is 5.96. The number of likely N-dealkylation sites (N-methyl/N-ethyl adjacent to an activating group) is 1. The fourth-order valence-electron chi connectivity index (χ4n) is 1.86. The topological polar surface area (TPSA) is 20.3 Å². The minimum Gasteiger partial charge on any atom is -0.341 e. The molecule has 1 aliphatic rings. The Labute approximate surface area is 84.5 Å². The van der Waals surface area contributed by atoms with E-state index in [0.717, 1.165) is 24.9 Å². The van der Waals surface area contributed by atoms with Crippen molar-refractivity contribution in [1.29, 1.82) is 0 Å². The smallest absolute Gasteiger partial charge is 0.253 e. The molecule has 0 aliphatic carbocycles. The van der Waals surface area contributed by atoms with Crippen molar-refractivity contribution in [3.63, 3.8) is 0 Å². The molecule has 0 unspecified atom stereocenters. The van der Waals surface area contributed by atoms with E-state index in [9.17, 15) is 4.79 Å². The molecule has 1 aromatic rings. The molecule has 14 heavy (non-hydrogen) atoms. The fourth-order valence-corrected chi connectivity index (χ4v) is 1.86. The molecule has 0 spiro atoms. The number of amides is 1. The predicted molar refractivity (Wildman–Crippen MR) is 56.5 cm³/mol. The Kier molecular flexibility index (Phi) is 2.28. The van der Waals surface area contributed by atoms with Gasteiger partial charge in [0.2, 0.25) is 0 Å². The number of hydrogen-bond donors (Lipinski definition) is 0. The maximum Gasteiger partial charge on any atom is 0.253 e. The molecular formula is C12H15NO. The molecule has 74 valence electrons. The summed E-state index contributed by atoms with van der Waals surface area (Å²) < 4.78 is 0. The summed E-state index contributed by atoms with van der Waals surface area (Å²) in [6.45, 7) is 2.95. The van der Waals surface area contributed by atoms with Gasteiger partial charge in [0.05, 0.1) is 0 Å². The number of fused-ring (bicyclic) bond motifs is 1. The third kappa shape index (κ3) is 1.41.